The number of hydrogen-bond acceptors (Lipinski definition) is 6. The van der Waals surface area contributed by atoms with Crippen LogP contribution in [0.3, 0.4) is 0 Å². The molecule has 1 fully saturated rings. The van der Waals surface area contributed by atoms with Gasteiger partial charge in [-0.05, 0) is 43.3 Å². The number of alkyl halides is 3. The number of rotatable bonds is 4. The molecule has 0 atom stereocenters. The molecule has 0 unspecified atom stereocenters. The van der Waals surface area contributed by atoms with Gasteiger partial charge in [0, 0.05) is 55.0 Å². The lowest BCUT2D eigenvalue weighted by Crippen LogP contribution is -2.48. The Kier molecular flexibility index (Phi) is 7.30. The van der Waals surface area contributed by atoms with E-state index in [2.05, 4.69) is 28.0 Å². The Bertz CT molecular complexity index is 1650. The van der Waals surface area contributed by atoms with E-state index in [0.717, 1.165) is 29.1 Å². The topological polar surface area (TPSA) is 86.8 Å². The van der Waals surface area contributed by atoms with Crippen LogP contribution in [0, 0.1) is 23.2 Å². The molecule has 0 spiro atoms. The third-order valence-corrected chi connectivity index (χ3v) is 6.47. The summed E-state index contributed by atoms with van der Waals surface area (Å²) in [6, 6.07) is 12.4. The number of carbonyl (C=O) groups is 1. The van der Waals surface area contributed by atoms with Crippen LogP contribution in [0.4, 0.5) is 19.0 Å². The van der Waals surface area contributed by atoms with Crippen LogP contribution in [-0.4, -0.2) is 58.2 Å². The minimum atomic E-state index is -4.47. The lowest BCUT2D eigenvalue weighted by atomic mass is 10.1. The summed E-state index contributed by atoms with van der Waals surface area (Å²) in [5.41, 5.74) is 2.01. The minimum absolute atomic E-state index is 0.132. The minimum Gasteiger partial charge on any atom is -0.492 e. The van der Waals surface area contributed by atoms with Crippen molar-refractivity contribution in [1.29, 1.82) is 5.26 Å². The van der Waals surface area contributed by atoms with E-state index >= 15 is 0 Å². The van der Waals surface area contributed by atoms with Crippen LogP contribution in [0.1, 0.15) is 23.6 Å². The number of amides is 1. The van der Waals surface area contributed by atoms with Gasteiger partial charge in [0.2, 0.25) is 0 Å². The third-order valence-electron chi connectivity index (χ3n) is 6.47. The Morgan fingerprint density at radius 3 is 2.58 bits per heavy atom. The lowest BCUT2D eigenvalue weighted by molar-refractivity contribution is -0.137. The van der Waals surface area contributed by atoms with Crippen LogP contribution in [-0.2, 0) is 11.0 Å². The van der Waals surface area contributed by atoms with Crippen molar-refractivity contribution < 1.29 is 22.7 Å². The molecule has 0 saturated carbocycles. The van der Waals surface area contributed by atoms with Crippen molar-refractivity contribution in [1.82, 2.24) is 19.5 Å². The highest BCUT2D eigenvalue weighted by Gasteiger charge is 2.30. The van der Waals surface area contributed by atoms with E-state index in [-0.39, 0.29) is 5.56 Å². The van der Waals surface area contributed by atoms with E-state index < -0.39 is 17.6 Å². The molecule has 1 aliphatic rings. The second-order valence-electron chi connectivity index (χ2n) is 9.00. The number of nitriles is 1. The summed E-state index contributed by atoms with van der Waals surface area (Å²) >= 11 is 0. The standard InChI is InChI=1S/C29H23F3N6O2/c1-2-40-24-15-25(28-22(16-33)18-35-38(28)19-24)21-7-8-26(34-17-21)36-10-12-37(13-11-36)27(39)9-6-20-4-3-5-23(14-20)29(30,31)32/h3-5,7-8,14-15,17-19H,2,10-13H2,1H3. The van der Waals surface area contributed by atoms with Crippen LogP contribution in [0.25, 0.3) is 16.6 Å². The zero-order chi connectivity index (χ0) is 28.3. The Hall–Kier alpha value is -5.03. The second-order valence-corrected chi connectivity index (χ2v) is 9.00. The average Bonchev–Trinajstić information content (AvgIpc) is 3.39. The number of hydrogen-bond donors (Lipinski definition) is 0. The summed E-state index contributed by atoms with van der Waals surface area (Å²) in [6.07, 6.45) is 0.507. The molecule has 4 heterocycles. The van der Waals surface area contributed by atoms with Gasteiger partial charge in [-0.25, -0.2) is 9.50 Å². The van der Waals surface area contributed by atoms with Gasteiger partial charge in [-0.2, -0.15) is 23.5 Å². The number of pyridine rings is 2. The van der Waals surface area contributed by atoms with Crippen LogP contribution < -0.4 is 9.64 Å². The molecule has 1 aromatic carbocycles. The Labute approximate surface area is 228 Å². The molecule has 8 nitrogen and oxygen atoms in total. The number of carbonyl (C=O) groups excluding carboxylic acids is 1. The summed E-state index contributed by atoms with van der Waals surface area (Å²) in [6.45, 7) is 4.22. The summed E-state index contributed by atoms with van der Waals surface area (Å²) < 4.78 is 46.0. The van der Waals surface area contributed by atoms with Crippen molar-refractivity contribution >= 4 is 17.2 Å². The molecule has 4 aromatic rings. The molecule has 1 aliphatic heterocycles. The quantitative estimate of drug-likeness (QED) is 0.355. The monoisotopic (exact) mass is 544 g/mol. The number of piperazine rings is 1. The molecule has 11 heteroatoms. The van der Waals surface area contributed by atoms with Gasteiger partial charge < -0.3 is 14.5 Å². The molecule has 0 bridgehead atoms. The predicted octanol–water partition coefficient (Wildman–Crippen LogP) is 4.39. The van der Waals surface area contributed by atoms with Crippen molar-refractivity contribution in [2.24, 2.45) is 0 Å². The summed E-state index contributed by atoms with van der Waals surface area (Å²) in [5.74, 6) is 5.92. The normalized spacial score (nSPS) is 13.5. The van der Waals surface area contributed by atoms with Gasteiger partial charge in [-0.1, -0.05) is 12.0 Å². The molecule has 202 valence electrons. The fourth-order valence-corrected chi connectivity index (χ4v) is 4.49. The summed E-state index contributed by atoms with van der Waals surface area (Å²) in [5, 5.41) is 13.8. The highest BCUT2D eigenvalue weighted by Crippen LogP contribution is 2.32. The van der Waals surface area contributed by atoms with E-state index in [9.17, 15) is 23.2 Å². The zero-order valence-corrected chi connectivity index (χ0v) is 21.4. The molecular weight excluding hydrogens is 521 g/mol. The van der Waals surface area contributed by atoms with Gasteiger partial charge in [0.1, 0.15) is 17.6 Å². The third kappa shape index (κ3) is 5.54. The number of benzene rings is 1. The number of nitrogens with zero attached hydrogens (tertiary/aromatic N) is 6. The van der Waals surface area contributed by atoms with Gasteiger partial charge in [-0.15, -0.1) is 0 Å². The van der Waals surface area contributed by atoms with Gasteiger partial charge in [-0.3, -0.25) is 4.79 Å². The van der Waals surface area contributed by atoms with Crippen LogP contribution in [0.2, 0.25) is 0 Å². The van der Waals surface area contributed by atoms with Gasteiger partial charge in [0.25, 0.3) is 5.91 Å². The van der Waals surface area contributed by atoms with E-state index in [1.807, 2.05) is 30.0 Å². The fourth-order valence-electron chi connectivity index (χ4n) is 4.49. The number of anilines is 1. The van der Waals surface area contributed by atoms with Gasteiger partial charge in [0.15, 0.2) is 0 Å². The molecule has 1 saturated heterocycles. The fraction of sp³-hybridized carbons (Fsp3) is 0.241. The molecule has 5 rings (SSSR count). The first-order valence-electron chi connectivity index (χ1n) is 12.5. The summed E-state index contributed by atoms with van der Waals surface area (Å²) in [7, 11) is 0. The molecular formula is C29H23F3N6O2. The van der Waals surface area contributed by atoms with Crippen molar-refractivity contribution in [2.45, 2.75) is 13.1 Å². The van der Waals surface area contributed by atoms with E-state index in [0.29, 0.717) is 49.6 Å². The SMILES string of the molecule is CCOc1cc(-c2ccc(N3CCN(C(=O)C#Cc4cccc(C(F)(F)F)c4)CC3)nc2)c2c(C#N)cnn2c1. The van der Waals surface area contributed by atoms with E-state index in [1.54, 1.807) is 21.8 Å². The molecule has 40 heavy (non-hydrogen) atoms. The maximum atomic E-state index is 12.9. The first kappa shape index (κ1) is 26.6. The number of halogens is 3. The first-order valence-corrected chi connectivity index (χ1v) is 12.5. The Morgan fingerprint density at radius 1 is 1.10 bits per heavy atom. The van der Waals surface area contributed by atoms with Gasteiger partial charge >= 0.3 is 6.18 Å². The number of aromatic nitrogens is 3. The van der Waals surface area contributed by atoms with Gasteiger partial charge in [0.05, 0.1) is 35.6 Å². The maximum absolute atomic E-state index is 12.9. The molecule has 0 N–H and O–H groups in total. The van der Waals surface area contributed by atoms with Crippen LogP contribution in [0.5, 0.6) is 5.75 Å². The Balaban J connectivity index is 1.27. The van der Waals surface area contributed by atoms with Crippen LogP contribution >= 0.6 is 0 Å². The predicted molar refractivity (Wildman–Crippen MR) is 141 cm³/mol. The largest absolute Gasteiger partial charge is 0.492 e. The van der Waals surface area contributed by atoms with Crippen molar-refractivity contribution in [2.75, 3.05) is 37.7 Å². The van der Waals surface area contributed by atoms with Crippen LogP contribution in [0.15, 0.2) is 61.1 Å². The number of fused-ring (bicyclic) bond motifs is 1. The van der Waals surface area contributed by atoms with Crippen molar-refractivity contribution in [3.63, 3.8) is 0 Å². The highest BCUT2D eigenvalue weighted by molar-refractivity contribution is 5.94. The average molecular weight is 545 g/mol. The highest BCUT2D eigenvalue weighted by atomic mass is 19.4. The molecule has 0 radical (unpaired) electrons. The zero-order valence-electron chi connectivity index (χ0n) is 21.4. The Morgan fingerprint density at radius 2 is 1.90 bits per heavy atom. The summed E-state index contributed by atoms with van der Waals surface area (Å²) in [4.78, 5) is 20.8. The molecule has 3 aromatic heterocycles. The molecule has 0 aliphatic carbocycles. The maximum Gasteiger partial charge on any atom is 0.416 e. The van der Waals surface area contributed by atoms with E-state index in [1.165, 1.54) is 18.3 Å². The van der Waals surface area contributed by atoms with Crippen molar-refractivity contribution in [3.05, 3.63) is 77.7 Å². The molecule has 1 amide bonds. The first-order chi connectivity index (χ1) is 19.3. The second kappa shape index (κ2) is 11.0. The number of ether oxygens (including phenoxy) is 1. The van der Waals surface area contributed by atoms with Crippen molar-refractivity contribution in [3.8, 4) is 34.8 Å². The smallest absolute Gasteiger partial charge is 0.416 e. The lowest BCUT2D eigenvalue weighted by Gasteiger charge is -2.34. The van der Waals surface area contributed by atoms with E-state index in [4.69, 9.17) is 4.74 Å².